The van der Waals surface area contributed by atoms with Crippen LogP contribution >= 0.6 is 11.6 Å². The second kappa shape index (κ2) is 9.92. The Kier molecular flexibility index (Phi) is 7.31. The standard InChI is InChI=1S/C22H26ClNO4/c1-2-27-22(26)14-28-20-9-7-15-6-8-19(11-17(15)12-20)24-13-21(25)16-4-3-5-18(23)10-16/h3-5,7,9-10,12,19,21,24-25H,2,6,8,11,13-14H2,1H3/t19?,21-/m1/s1. The zero-order chi connectivity index (χ0) is 19.9. The minimum absolute atomic E-state index is 0.0832. The number of ether oxygens (including phenoxy) is 2. The van der Waals surface area contributed by atoms with Gasteiger partial charge in [-0.05, 0) is 67.1 Å². The van der Waals surface area contributed by atoms with Gasteiger partial charge in [-0.3, -0.25) is 0 Å². The van der Waals surface area contributed by atoms with Crippen molar-refractivity contribution in [3.05, 3.63) is 64.2 Å². The van der Waals surface area contributed by atoms with E-state index in [4.69, 9.17) is 21.1 Å². The Morgan fingerprint density at radius 3 is 2.93 bits per heavy atom. The van der Waals surface area contributed by atoms with E-state index in [9.17, 15) is 9.90 Å². The summed E-state index contributed by atoms with van der Waals surface area (Å²) in [7, 11) is 0. The smallest absolute Gasteiger partial charge is 0.344 e. The highest BCUT2D eigenvalue weighted by atomic mass is 35.5. The Balaban J connectivity index is 1.54. The first-order valence-electron chi connectivity index (χ1n) is 9.62. The van der Waals surface area contributed by atoms with Crippen LogP contribution in [0.1, 0.15) is 36.1 Å². The van der Waals surface area contributed by atoms with Gasteiger partial charge in [-0.1, -0.05) is 29.8 Å². The molecule has 0 spiro atoms. The molecule has 1 aliphatic carbocycles. The van der Waals surface area contributed by atoms with Gasteiger partial charge in [-0.2, -0.15) is 0 Å². The van der Waals surface area contributed by atoms with Gasteiger partial charge in [-0.15, -0.1) is 0 Å². The van der Waals surface area contributed by atoms with Gasteiger partial charge < -0.3 is 19.9 Å². The third-order valence-electron chi connectivity index (χ3n) is 4.90. The van der Waals surface area contributed by atoms with E-state index in [1.54, 1.807) is 19.1 Å². The quantitative estimate of drug-likeness (QED) is 0.660. The Hall–Kier alpha value is -2.08. The molecule has 2 atom stereocenters. The maximum Gasteiger partial charge on any atom is 0.344 e. The minimum atomic E-state index is -0.598. The summed E-state index contributed by atoms with van der Waals surface area (Å²) in [6.07, 6.45) is 2.24. The highest BCUT2D eigenvalue weighted by Crippen LogP contribution is 2.26. The van der Waals surface area contributed by atoms with Gasteiger partial charge in [0, 0.05) is 17.6 Å². The Morgan fingerprint density at radius 1 is 1.29 bits per heavy atom. The monoisotopic (exact) mass is 403 g/mol. The predicted molar refractivity (Wildman–Crippen MR) is 109 cm³/mol. The minimum Gasteiger partial charge on any atom is -0.482 e. The highest BCUT2D eigenvalue weighted by Gasteiger charge is 2.20. The van der Waals surface area contributed by atoms with E-state index in [1.165, 1.54) is 11.1 Å². The fraction of sp³-hybridized carbons (Fsp3) is 0.409. The first-order valence-corrected chi connectivity index (χ1v) is 10.00. The molecule has 1 unspecified atom stereocenters. The van der Waals surface area contributed by atoms with Crippen molar-refractivity contribution >= 4 is 17.6 Å². The summed E-state index contributed by atoms with van der Waals surface area (Å²) in [5, 5.41) is 14.5. The fourth-order valence-corrected chi connectivity index (χ4v) is 3.65. The largest absolute Gasteiger partial charge is 0.482 e. The van der Waals surface area contributed by atoms with Crippen molar-refractivity contribution in [3.63, 3.8) is 0 Å². The van der Waals surface area contributed by atoms with Crippen LogP contribution in [0.3, 0.4) is 0 Å². The van der Waals surface area contributed by atoms with E-state index in [1.807, 2.05) is 24.3 Å². The molecule has 6 heteroatoms. The highest BCUT2D eigenvalue weighted by molar-refractivity contribution is 6.30. The molecule has 2 aromatic rings. The van der Waals surface area contributed by atoms with Crippen LogP contribution in [0, 0.1) is 0 Å². The Labute approximate surface area is 170 Å². The lowest BCUT2D eigenvalue weighted by Crippen LogP contribution is -2.37. The molecule has 0 fully saturated rings. The second-order valence-corrected chi connectivity index (χ2v) is 7.38. The van der Waals surface area contributed by atoms with Gasteiger partial charge in [0.05, 0.1) is 12.7 Å². The Morgan fingerprint density at radius 2 is 2.14 bits per heavy atom. The van der Waals surface area contributed by atoms with E-state index in [-0.39, 0.29) is 18.6 Å². The van der Waals surface area contributed by atoms with Gasteiger partial charge >= 0.3 is 5.97 Å². The number of aliphatic hydroxyl groups is 1. The number of carbonyl (C=O) groups is 1. The zero-order valence-electron chi connectivity index (χ0n) is 16.0. The molecule has 0 saturated carbocycles. The lowest BCUT2D eigenvalue weighted by atomic mass is 9.88. The van der Waals surface area contributed by atoms with Gasteiger partial charge in [0.1, 0.15) is 5.75 Å². The molecule has 28 heavy (non-hydrogen) atoms. The van der Waals surface area contributed by atoms with Crippen molar-refractivity contribution in [2.75, 3.05) is 19.8 Å². The van der Waals surface area contributed by atoms with E-state index >= 15 is 0 Å². The number of aliphatic hydroxyl groups excluding tert-OH is 1. The predicted octanol–water partition coefficient (Wildman–Crippen LogP) is 3.46. The van der Waals surface area contributed by atoms with Crippen LogP contribution in [0.25, 0.3) is 0 Å². The molecule has 1 aliphatic rings. The number of hydrogen-bond acceptors (Lipinski definition) is 5. The van der Waals surface area contributed by atoms with E-state index in [0.717, 1.165) is 24.8 Å². The summed E-state index contributed by atoms with van der Waals surface area (Å²) in [6.45, 7) is 2.51. The van der Waals surface area contributed by atoms with Crippen LogP contribution in [0.4, 0.5) is 0 Å². The molecule has 3 rings (SSSR count). The van der Waals surface area contributed by atoms with Crippen LogP contribution in [-0.2, 0) is 22.4 Å². The molecular weight excluding hydrogens is 378 g/mol. The molecule has 0 saturated heterocycles. The first kappa shape index (κ1) is 20.6. The van der Waals surface area contributed by atoms with E-state index < -0.39 is 6.10 Å². The van der Waals surface area contributed by atoms with Crippen molar-refractivity contribution in [1.29, 1.82) is 0 Å². The van der Waals surface area contributed by atoms with E-state index in [2.05, 4.69) is 11.4 Å². The van der Waals surface area contributed by atoms with Crippen molar-refractivity contribution < 1.29 is 19.4 Å². The summed E-state index contributed by atoms with van der Waals surface area (Å²) in [5.41, 5.74) is 3.32. The number of fused-ring (bicyclic) bond motifs is 1. The van der Waals surface area contributed by atoms with Crippen molar-refractivity contribution in [2.24, 2.45) is 0 Å². The number of hydrogen-bond donors (Lipinski definition) is 2. The summed E-state index contributed by atoms with van der Waals surface area (Å²) in [6, 6.07) is 13.5. The van der Waals surface area contributed by atoms with Gasteiger partial charge in [0.2, 0.25) is 0 Å². The van der Waals surface area contributed by atoms with Crippen LogP contribution in [0.5, 0.6) is 5.75 Å². The third kappa shape index (κ3) is 5.71. The number of nitrogens with one attached hydrogen (secondary N) is 1. The molecule has 0 bridgehead atoms. The molecule has 0 radical (unpaired) electrons. The van der Waals surface area contributed by atoms with Gasteiger partial charge in [-0.25, -0.2) is 4.79 Å². The van der Waals surface area contributed by atoms with Crippen LogP contribution in [-0.4, -0.2) is 36.9 Å². The van der Waals surface area contributed by atoms with Crippen LogP contribution < -0.4 is 10.1 Å². The average Bonchev–Trinajstić information content (AvgIpc) is 2.70. The van der Waals surface area contributed by atoms with Crippen molar-refractivity contribution in [1.82, 2.24) is 5.32 Å². The van der Waals surface area contributed by atoms with E-state index in [0.29, 0.717) is 23.9 Å². The van der Waals surface area contributed by atoms with Gasteiger partial charge in [0.25, 0.3) is 0 Å². The summed E-state index contributed by atoms with van der Waals surface area (Å²) in [5.74, 6) is 0.307. The molecule has 0 heterocycles. The first-order chi connectivity index (χ1) is 13.5. The molecule has 0 aliphatic heterocycles. The molecule has 5 nitrogen and oxygen atoms in total. The maximum atomic E-state index is 11.5. The lowest BCUT2D eigenvalue weighted by molar-refractivity contribution is -0.145. The topological polar surface area (TPSA) is 67.8 Å². The molecule has 2 N–H and O–H groups in total. The lowest BCUT2D eigenvalue weighted by Gasteiger charge is -2.27. The molecule has 150 valence electrons. The molecule has 2 aromatic carbocycles. The number of esters is 1. The fourth-order valence-electron chi connectivity index (χ4n) is 3.45. The molecule has 0 aromatic heterocycles. The molecular formula is C22H26ClNO4. The number of halogens is 1. The number of aryl methyl sites for hydroxylation is 1. The summed E-state index contributed by atoms with van der Waals surface area (Å²) >= 11 is 6.00. The van der Waals surface area contributed by atoms with Gasteiger partial charge in [0.15, 0.2) is 6.61 Å². The molecule has 0 amide bonds. The number of rotatable bonds is 8. The summed E-state index contributed by atoms with van der Waals surface area (Å²) < 4.78 is 10.4. The number of benzene rings is 2. The van der Waals surface area contributed by atoms with Crippen LogP contribution in [0.15, 0.2) is 42.5 Å². The second-order valence-electron chi connectivity index (χ2n) is 6.94. The maximum absolute atomic E-state index is 11.5. The van der Waals surface area contributed by atoms with Crippen molar-refractivity contribution in [2.45, 2.75) is 38.3 Å². The zero-order valence-corrected chi connectivity index (χ0v) is 16.7. The SMILES string of the molecule is CCOC(=O)COc1ccc2c(c1)CC(NC[C@@H](O)c1cccc(Cl)c1)CC2. The van der Waals surface area contributed by atoms with Crippen molar-refractivity contribution in [3.8, 4) is 5.75 Å². The third-order valence-corrected chi connectivity index (χ3v) is 5.14. The number of carbonyl (C=O) groups excluding carboxylic acids is 1. The van der Waals surface area contributed by atoms with Crippen LogP contribution in [0.2, 0.25) is 5.02 Å². The Bertz CT molecular complexity index is 811. The summed E-state index contributed by atoms with van der Waals surface area (Å²) in [4.78, 5) is 11.5. The average molecular weight is 404 g/mol. The normalized spacial score (nSPS) is 16.9.